The molecule has 0 aliphatic heterocycles. The number of carboxylic acids is 1. The number of carbonyl (C=O) groups is 1. The van der Waals surface area contributed by atoms with Crippen LogP contribution in [0.2, 0.25) is 0 Å². The summed E-state index contributed by atoms with van der Waals surface area (Å²) in [6, 6.07) is 9.19. The minimum absolute atomic E-state index is 0.186. The highest BCUT2D eigenvalue weighted by atomic mass is 16.4. The number of anilines is 1. The van der Waals surface area contributed by atoms with Crippen molar-refractivity contribution < 1.29 is 9.90 Å². The highest BCUT2D eigenvalue weighted by Gasteiger charge is 2.04. The van der Waals surface area contributed by atoms with Crippen LogP contribution < -0.4 is 5.32 Å². The molecule has 0 saturated carbocycles. The molecule has 0 amide bonds. The summed E-state index contributed by atoms with van der Waals surface area (Å²) in [5.41, 5.74) is 0.962. The zero-order chi connectivity index (χ0) is 9.68. The molecule has 0 saturated heterocycles. The van der Waals surface area contributed by atoms with Crippen LogP contribution >= 0.6 is 0 Å². The summed E-state index contributed by atoms with van der Waals surface area (Å²) in [5, 5.41) is 11.5. The number of para-hydroxylation sites is 1. The Kier molecular flexibility index (Phi) is 3.09. The van der Waals surface area contributed by atoms with Gasteiger partial charge in [0.1, 0.15) is 5.70 Å². The summed E-state index contributed by atoms with van der Waals surface area (Å²) in [4.78, 5) is 10.6. The second kappa shape index (κ2) is 4.30. The summed E-state index contributed by atoms with van der Waals surface area (Å²) in [7, 11) is 0. The maximum absolute atomic E-state index is 10.6. The predicted molar refractivity (Wildman–Crippen MR) is 51.5 cm³/mol. The second-order valence-electron chi connectivity index (χ2n) is 2.50. The minimum Gasteiger partial charge on any atom is -0.477 e. The predicted octanol–water partition coefficient (Wildman–Crippen LogP) is 2.09. The van der Waals surface area contributed by atoms with Crippen LogP contribution in [0.3, 0.4) is 0 Å². The number of aliphatic carboxylic acids is 1. The van der Waals surface area contributed by atoms with E-state index in [1.807, 2.05) is 30.3 Å². The van der Waals surface area contributed by atoms with Crippen molar-refractivity contribution in [1.82, 2.24) is 0 Å². The lowest BCUT2D eigenvalue weighted by molar-refractivity contribution is -0.132. The van der Waals surface area contributed by atoms with Gasteiger partial charge in [0.2, 0.25) is 0 Å². The van der Waals surface area contributed by atoms with Crippen molar-refractivity contribution in [3.8, 4) is 0 Å². The molecular formula is C10H11NO2. The van der Waals surface area contributed by atoms with Gasteiger partial charge < -0.3 is 10.4 Å². The SMILES string of the molecule is CC=C(Nc1ccccc1)C(=O)O. The van der Waals surface area contributed by atoms with Crippen molar-refractivity contribution in [2.75, 3.05) is 5.32 Å². The van der Waals surface area contributed by atoms with E-state index in [2.05, 4.69) is 5.32 Å². The lowest BCUT2D eigenvalue weighted by atomic mass is 10.3. The first-order valence-corrected chi connectivity index (χ1v) is 3.95. The Balaban J connectivity index is 2.74. The summed E-state index contributed by atoms with van der Waals surface area (Å²) >= 11 is 0. The average Bonchev–Trinajstić information content (AvgIpc) is 2.15. The standard InChI is InChI=1S/C10H11NO2/c1-2-9(10(12)13)11-8-6-4-3-5-7-8/h2-7,11H,1H3,(H,12,13). The van der Waals surface area contributed by atoms with E-state index in [0.29, 0.717) is 0 Å². The Labute approximate surface area is 76.7 Å². The summed E-state index contributed by atoms with van der Waals surface area (Å²) in [6.45, 7) is 1.68. The van der Waals surface area contributed by atoms with Crippen LogP contribution in [0, 0.1) is 0 Å². The lowest BCUT2D eigenvalue weighted by Crippen LogP contribution is -2.09. The van der Waals surface area contributed by atoms with Gasteiger partial charge in [0, 0.05) is 5.69 Å². The molecule has 13 heavy (non-hydrogen) atoms. The maximum atomic E-state index is 10.6. The van der Waals surface area contributed by atoms with E-state index < -0.39 is 5.97 Å². The molecule has 0 aliphatic rings. The number of carboxylic acid groups (broad SMARTS) is 1. The largest absolute Gasteiger partial charge is 0.477 e. The van der Waals surface area contributed by atoms with Crippen molar-refractivity contribution in [3.63, 3.8) is 0 Å². The van der Waals surface area contributed by atoms with E-state index in [0.717, 1.165) is 5.69 Å². The number of benzene rings is 1. The molecule has 68 valence electrons. The van der Waals surface area contributed by atoms with Gasteiger partial charge in [-0.1, -0.05) is 24.3 Å². The van der Waals surface area contributed by atoms with E-state index in [9.17, 15) is 4.79 Å². The Morgan fingerprint density at radius 3 is 2.46 bits per heavy atom. The van der Waals surface area contributed by atoms with Gasteiger partial charge in [-0.3, -0.25) is 0 Å². The van der Waals surface area contributed by atoms with E-state index in [1.165, 1.54) is 6.08 Å². The maximum Gasteiger partial charge on any atom is 0.351 e. The molecule has 0 bridgehead atoms. The molecule has 0 aromatic heterocycles. The fourth-order valence-corrected chi connectivity index (χ4v) is 0.926. The van der Waals surface area contributed by atoms with Crippen LogP contribution in [-0.4, -0.2) is 11.1 Å². The third kappa shape index (κ3) is 2.63. The quantitative estimate of drug-likeness (QED) is 0.695. The molecule has 0 fully saturated rings. The highest BCUT2D eigenvalue weighted by Crippen LogP contribution is 2.08. The molecule has 0 unspecified atom stereocenters. The van der Waals surface area contributed by atoms with Crippen LogP contribution in [0.1, 0.15) is 6.92 Å². The van der Waals surface area contributed by atoms with Crippen LogP contribution in [0.15, 0.2) is 42.1 Å². The molecule has 1 aromatic rings. The van der Waals surface area contributed by atoms with E-state index >= 15 is 0 Å². The summed E-state index contributed by atoms with van der Waals surface area (Å²) in [5.74, 6) is -0.952. The van der Waals surface area contributed by atoms with Crippen molar-refractivity contribution >= 4 is 11.7 Å². The van der Waals surface area contributed by atoms with Crippen molar-refractivity contribution in [2.45, 2.75) is 6.92 Å². The fraction of sp³-hybridized carbons (Fsp3) is 0.100. The van der Waals surface area contributed by atoms with Gasteiger partial charge >= 0.3 is 5.97 Å². The summed E-state index contributed by atoms with van der Waals surface area (Å²) in [6.07, 6.45) is 1.52. The number of nitrogens with one attached hydrogen (secondary N) is 1. The van der Waals surface area contributed by atoms with Gasteiger partial charge in [-0.25, -0.2) is 4.79 Å². The molecule has 1 aromatic carbocycles. The average molecular weight is 177 g/mol. The molecule has 3 nitrogen and oxygen atoms in total. The van der Waals surface area contributed by atoms with Crippen molar-refractivity contribution in [3.05, 3.63) is 42.1 Å². The Bertz CT molecular complexity index is 317. The first-order valence-electron chi connectivity index (χ1n) is 3.95. The second-order valence-corrected chi connectivity index (χ2v) is 2.50. The topological polar surface area (TPSA) is 49.3 Å². The molecule has 0 spiro atoms. The van der Waals surface area contributed by atoms with Crippen molar-refractivity contribution in [2.24, 2.45) is 0 Å². The molecule has 3 heteroatoms. The van der Waals surface area contributed by atoms with Gasteiger partial charge in [0.25, 0.3) is 0 Å². The van der Waals surface area contributed by atoms with Gasteiger partial charge in [-0.05, 0) is 19.1 Å². The van der Waals surface area contributed by atoms with Crippen LogP contribution in [0.4, 0.5) is 5.69 Å². The number of allylic oxidation sites excluding steroid dienone is 1. The van der Waals surface area contributed by atoms with Gasteiger partial charge in [-0.15, -0.1) is 0 Å². The normalized spacial score (nSPS) is 11.0. The molecule has 0 radical (unpaired) electrons. The van der Waals surface area contributed by atoms with E-state index in [1.54, 1.807) is 6.92 Å². The summed E-state index contributed by atoms with van der Waals surface area (Å²) < 4.78 is 0. The molecule has 0 aliphatic carbocycles. The van der Waals surface area contributed by atoms with Crippen LogP contribution in [0.25, 0.3) is 0 Å². The fourth-order valence-electron chi connectivity index (χ4n) is 0.926. The molecule has 2 N–H and O–H groups in total. The Morgan fingerprint density at radius 2 is 2.00 bits per heavy atom. The molecular weight excluding hydrogens is 166 g/mol. The monoisotopic (exact) mass is 177 g/mol. The van der Waals surface area contributed by atoms with Crippen LogP contribution in [0.5, 0.6) is 0 Å². The van der Waals surface area contributed by atoms with Gasteiger partial charge in [-0.2, -0.15) is 0 Å². The van der Waals surface area contributed by atoms with Crippen molar-refractivity contribution in [1.29, 1.82) is 0 Å². The zero-order valence-electron chi connectivity index (χ0n) is 7.32. The molecule has 0 heterocycles. The zero-order valence-corrected chi connectivity index (χ0v) is 7.32. The number of hydrogen-bond acceptors (Lipinski definition) is 2. The third-order valence-electron chi connectivity index (χ3n) is 1.57. The van der Waals surface area contributed by atoms with E-state index in [-0.39, 0.29) is 5.70 Å². The first-order chi connectivity index (χ1) is 6.24. The molecule has 1 rings (SSSR count). The minimum atomic E-state index is -0.952. The molecule has 0 atom stereocenters. The lowest BCUT2D eigenvalue weighted by Gasteiger charge is -2.05. The third-order valence-corrected chi connectivity index (χ3v) is 1.57. The Hall–Kier alpha value is -1.77. The van der Waals surface area contributed by atoms with Crippen LogP contribution in [-0.2, 0) is 4.79 Å². The smallest absolute Gasteiger partial charge is 0.351 e. The first kappa shape index (κ1) is 9.32. The van der Waals surface area contributed by atoms with E-state index in [4.69, 9.17) is 5.11 Å². The number of rotatable bonds is 3. The Morgan fingerprint density at radius 1 is 1.38 bits per heavy atom. The van der Waals surface area contributed by atoms with Gasteiger partial charge in [0.15, 0.2) is 0 Å². The highest BCUT2D eigenvalue weighted by molar-refractivity contribution is 5.90. The van der Waals surface area contributed by atoms with Gasteiger partial charge in [0.05, 0.1) is 0 Å². The number of hydrogen-bond donors (Lipinski definition) is 2.